The molecular weight excluding hydrogens is 202 g/mol. The SMILES string of the molecule is CCC(O)CNC(=O)C1C2C3CCC(C3)C12. The molecule has 5 atom stereocenters. The molecule has 0 radical (unpaired) electrons. The Morgan fingerprint density at radius 2 is 2.00 bits per heavy atom. The van der Waals surface area contributed by atoms with Crippen LogP contribution >= 0.6 is 0 Å². The molecule has 0 aromatic carbocycles. The summed E-state index contributed by atoms with van der Waals surface area (Å²) in [6.45, 7) is 2.36. The lowest BCUT2D eigenvalue weighted by Gasteiger charge is -2.12. The summed E-state index contributed by atoms with van der Waals surface area (Å²) < 4.78 is 0. The number of rotatable bonds is 4. The maximum atomic E-state index is 11.9. The minimum absolute atomic E-state index is 0.208. The summed E-state index contributed by atoms with van der Waals surface area (Å²) in [7, 11) is 0. The van der Waals surface area contributed by atoms with E-state index in [0.717, 1.165) is 11.8 Å². The molecule has 3 fully saturated rings. The normalized spacial score (nSPS) is 45.2. The molecular formula is C13H21NO2. The lowest BCUT2D eigenvalue weighted by molar-refractivity contribution is -0.123. The Kier molecular flexibility index (Phi) is 2.46. The van der Waals surface area contributed by atoms with E-state index in [1.807, 2.05) is 6.92 Å². The summed E-state index contributed by atoms with van der Waals surface area (Å²) in [4.78, 5) is 11.9. The molecule has 0 aromatic rings. The summed E-state index contributed by atoms with van der Waals surface area (Å²) >= 11 is 0. The van der Waals surface area contributed by atoms with Crippen LogP contribution in [-0.2, 0) is 4.79 Å². The zero-order chi connectivity index (χ0) is 11.3. The molecule has 3 rings (SSSR count). The summed E-state index contributed by atoms with van der Waals surface area (Å²) in [5.41, 5.74) is 0. The van der Waals surface area contributed by atoms with Gasteiger partial charge < -0.3 is 10.4 Å². The average molecular weight is 223 g/mol. The van der Waals surface area contributed by atoms with Crippen LogP contribution in [0.5, 0.6) is 0 Å². The predicted molar refractivity (Wildman–Crippen MR) is 60.6 cm³/mol. The Morgan fingerprint density at radius 3 is 2.56 bits per heavy atom. The summed E-state index contributed by atoms with van der Waals surface area (Å²) in [5.74, 6) is 3.62. The van der Waals surface area contributed by atoms with Gasteiger partial charge in [0.15, 0.2) is 0 Å². The quantitative estimate of drug-likeness (QED) is 0.751. The van der Waals surface area contributed by atoms with Crippen LogP contribution in [-0.4, -0.2) is 23.7 Å². The Balaban J connectivity index is 1.51. The van der Waals surface area contributed by atoms with Gasteiger partial charge in [-0.05, 0) is 49.4 Å². The maximum absolute atomic E-state index is 11.9. The van der Waals surface area contributed by atoms with Gasteiger partial charge in [0.25, 0.3) is 0 Å². The number of fused-ring (bicyclic) bond motifs is 5. The summed E-state index contributed by atoms with van der Waals surface area (Å²) in [6.07, 6.45) is 4.43. The van der Waals surface area contributed by atoms with Crippen molar-refractivity contribution in [2.24, 2.45) is 29.6 Å². The van der Waals surface area contributed by atoms with E-state index in [4.69, 9.17) is 0 Å². The predicted octanol–water partition coefficient (Wildman–Crippen LogP) is 1.17. The first-order valence-corrected chi connectivity index (χ1v) is 6.68. The van der Waals surface area contributed by atoms with Gasteiger partial charge in [-0.2, -0.15) is 0 Å². The standard InChI is InChI=1S/C13H21NO2/c1-2-9(15)6-14-13(16)12-10-7-3-4-8(5-7)11(10)12/h7-12,15H,2-6H2,1H3,(H,14,16). The van der Waals surface area contributed by atoms with Crippen LogP contribution in [0.1, 0.15) is 32.6 Å². The Labute approximate surface area is 96.6 Å². The number of aliphatic hydroxyl groups is 1. The molecule has 0 spiro atoms. The number of aliphatic hydroxyl groups excluding tert-OH is 1. The third kappa shape index (κ3) is 1.48. The highest BCUT2D eigenvalue weighted by atomic mass is 16.3. The molecule has 1 amide bonds. The van der Waals surface area contributed by atoms with E-state index in [-0.39, 0.29) is 12.0 Å². The number of hydrogen-bond donors (Lipinski definition) is 2. The third-order valence-electron chi connectivity index (χ3n) is 5.02. The number of carbonyl (C=O) groups is 1. The van der Waals surface area contributed by atoms with Crippen LogP contribution in [0.3, 0.4) is 0 Å². The second kappa shape index (κ2) is 3.73. The molecule has 3 aliphatic carbocycles. The lowest BCUT2D eigenvalue weighted by Crippen LogP contribution is -2.34. The fraction of sp³-hybridized carbons (Fsp3) is 0.923. The van der Waals surface area contributed by atoms with Crippen molar-refractivity contribution < 1.29 is 9.90 Å². The Bertz CT molecular complexity index is 288. The van der Waals surface area contributed by atoms with Crippen molar-refractivity contribution in [2.75, 3.05) is 6.54 Å². The fourth-order valence-electron chi connectivity index (χ4n) is 4.16. The van der Waals surface area contributed by atoms with Crippen molar-refractivity contribution in [1.29, 1.82) is 0 Å². The van der Waals surface area contributed by atoms with Crippen molar-refractivity contribution in [3.05, 3.63) is 0 Å². The average Bonchev–Trinajstić information content (AvgIpc) is 2.74. The topological polar surface area (TPSA) is 49.3 Å². The van der Waals surface area contributed by atoms with Gasteiger partial charge in [0.2, 0.25) is 5.91 Å². The van der Waals surface area contributed by atoms with Gasteiger partial charge in [0.05, 0.1) is 6.10 Å². The molecule has 3 nitrogen and oxygen atoms in total. The van der Waals surface area contributed by atoms with Gasteiger partial charge in [-0.1, -0.05) is 6.92 Å². The molecule has 0 heterocycles. The van der Waals surface area contributed by atoms with E-state index in [0.29, 0.717) is 30.7 Å². The molecule has 90 valence electrons. The highest BCUT2D eigenvalue weighted by molar-refractivity contribution is 5.82. The zero-order valence-corrected chi connectivity index (χ0v) is 9.86. The van der Waals surface area contributed by atoms with Crippen LogP contribution in [0.15, 0.2) is 0 Å². The number of carbonyl (C=O) groups excluding carboxylic acids is 1. The van der Waals surface area contributed by atoms with Gasteiger partial charge in [-0.15, -0.1) is 0 Å². The molecule has 2 bridgehead atoms. The maximum Gasteiger partial charge on any atom is 0.223 e. The molecule has 3 heteroatoms. The van der Waals surface area contributed by atoms with E-state index in [1.54, 1.807) is 0 Å². The molecule has 3 saturated carbocycles. The molecule has 0 saturated heterocycles. The lowest BCUT2D eigenvalue weighted by atomic mass is 10.0. The van der Waals surface area contributed by atoms with Crippen LogP contribution in [0.4, 0.5) is 0 Å². The number of amides is 1. The van der Waals surface area contributed by atoms with E-state index < -0.39 is 0 Å². The fourth-order valence-corrected chi connectivity index (χ4v) is 4.16. The molecule has 16 heavy (non-hydrogen) atoms. The zero-order valence-electron chi connectivity index (χ0n) is 9.86. The van der Waals surface area contributed by atoms with E-state index in [2.05, 4.69) is 5.32 Å². The minimum atomic E-state index is -0.376. The minimum Gasteiger partial charge on any atom is -0.391 e. The van der Waals surface area contributed by atoms with Crippen LogP contribution in [0, 0.1) is 29.6 Å². The monoisotopic (exact) mass is 223 g/mol. The van der Waals surface area contributed by atoms with Gasteiger partial charge in [-0.25, -0.2) is 0 Å². The molecule has 5 unspecified atom stereocenters. The van der Waals surface area contributed by atoms with E-state index >= 15 is 0 Å². The first-order valence-electron chi connectivity index (χ1n) is 6.68. The number of hydrogen-bond acceptors (Lipinski definition) is 2. The van der Waals surface area contributed by atoms with Crippen LogP contribution in [0.25, 0.3) is 0 Å². The second-order valence-corrected chi connectivity index (χ2v) is 5.82. The Hall–Kier alpha value is -0.570. The second-order valence-electron chi connectivity index (χ2n) is 5.82. The van der Waals surface area contributed by atoms with Crippen molar-refractivity contribution in [2.45, 2.75) is 38.7 Å². The summed E-state index contributed by atoms with van der Waals surface area (Å²) in [6, 6.07) is 0. The molecule has 0 aliphatic heterocycles. The van der Waals surface area contributed by atoms with E-state index in [9.17, 15) is 9.90 Å². The van der Waals surface area contributed by atoms with Gasteiger partial charge in [-0.3, -0.25) is 4.79 Å². The first kappa shape index (κ1) is 10.6. The van der Waals surface area contributed by atoms with Gasteiger partial charge in [0, 0.05) is 12.5 Å². The smallest absolute Gasteiger partial charge is 0.223 e. The molecule has 3 aliphatic rings. The van der Waals surface area contributed by atoms with Crippen LogP contribution in [0.2, 0.25) is 0 Å². The van der Waals surface area contributed by atoms with Gasteiger partial charge >= 0.3 is 0 Å². The van der Waals surface area contributed by atoms with Crippen molar-refractivity contribution in [1.82, 2.24) is 5.32 Å². The largest absolute Gasteiger partial charge is 0.391 e. The highest BCUT2D eigenvalue weighted by Crippen LogP contribution is 2.69. The third-order valence-corrected chi connectivity index (χ3v) is 5.02. The highest BCUT2D eigenvalue weighted by Gasteiger charge is 2.67. The Morgan fingerprint density at radius 1 is 1.38 bits per heavy atom. The van der Waals surface area contributed by atoms with Crippen molar-refractivity contribution >= 4 is 5.91 Å². The van der Waals surface area contributed by atoms with Crippen molar-refractivity contribution in [3.8, 4) is 0 Å². The number of nitrogens with one attached hydrogen (secondary N) is 1. The van der Waals surface area contributed by atoms with Gasteiger partial charge in [0.1, 0.15) is 0 Å². The van der Waals surface area contributed by atoms with Crippen molar-refractivity contribution in [3.63, 3.8) is 0 Å². The van der Waals surface area contributed by atoms with E-state index in [1.165, 1.54) is 19.3 Å². The first-order chi connectivity index (χ1) is 7.72. The molecule has 0 aromatic heterocycles. The summed E-state index contributed by atoms with van der Waals surface area (Å²) in [5, 5.41) is 12.3. The van der Waals surface area contributed by atoms with Crippen LogP contribution < -0.4 is 5.32 Å². The molecule has 2 N–H and O–H groups in total.